The van der Waals surface area contributed by atoms with Gasteiger partial charge < -0.3 is 10.2 Å². The Balaban J connectivity index is 1.87. The fraction of sp³-hybridized carbons (Fsp3) is 0.136. The van der Waals surface area contributed by atoms with Gasteiger partial charge in [0.2, 0.25) is 0 Å². The summed E-state index contributed by atoms with van der Waals surface area (Å²) in [5.41, 5.74) is 6.16. The molecule has 2 aliphatic carbocycles. The van der Waals surface area contributed by atoms with Crippen LogP contribution >= 0.6 is 0 Å². The smallest absolute Gasteiger partial charge is 0.256 e. The first-order chi connectivity index (χ1) is 12.5. The van der Waals surface area contributed by atoms with Gasteiger partial charge in [0.1, 0.15) is 5.82 Å². The van der Waals surface area contributed by atoms with Crippen molar-refractivity contribution >= 4 is 23.2 Å². The van der Waals surface area contributed by atoms with Gasteiger partial charge in [-0.3, -0.25) is 4.79 Å². The van der Waals surface area contributed by atoms with E-state index in [9.17, 15) is 9.18 Å². The summed E-state index contributed by atoms with van der Waals surface area (Å²) >= 11 is 0. The molecule has 4 heteroatoms. The van der Waals surface area contributed by atoms with Crippen LogP contribution in [-0.4, -0.2) is 24.9 Å². The van der Waals surface area contributed by atoms with E-state index in [1.165, 1.54) is 17.7 Å². The highest BCUT2D eigenvalue weighted by Gasteiger charge is 2.25. The summed E-state index contributed by atoms with van der Waals surface area (Å²) in [6.45, 7) is 0.807. The van der Waals surface area contributed by atoms with E-state index in [2.05, 4.69) is 28.4 Å². The second-order valence-electron chi connectivity index (χ2n) is 6.80. The van der Waals surface area contributed by atoms with Crippen LogP contribution in [0, 0.1) is 5.82 Å². The van der Waals surface area contributed by atoms with Crippen molar-refractivity contribution in [1.82, 2.24) is 4.90 Å². The average molecular weight is 346 g/mol. The van der Waals surface area contributed by atoms with Gasteiger partial charge in [0.25, 0.3) is 5.91 Å². The molecule has 0 unspecified atom stereocenters. The Kier molecular flexibility index (Phi) is 4.05. The number of amides is 1. The molecule has 26 heavy (non-hydrogen) atoms. The maximum absolute atomic E-state index is 13.7. The molecule has 1 N–H and O–H groups in total. The van der Waals surface area contributed by atoms with Crippen LogP contribution in [0.1, 0.15) is 16.7 Å². The monoisotopic (exact) mass is 346 g/mol. The van der Waals surface area contributed by atoms with E-state index < -0.39 is 0 Å². The molecule has 0 aromatic heterocycles. The lowest BCUT2D eigenvalue weighted by Crippen LogP contribution is -2.10. The first kappa shape index (κ1) is 16.5. The van der Waals surface area contributed by atoms with Crippen LogP contribution in [0.2, 0.25) is 0 Å². The largest absolute Gasteiger partial charge is 0.321 e. The van der Waals surface area contributed by atoms with Gasteiger partial charge in [-0.2, -0.15) is 0 Å². The second-order valence-corrected chi connectivity index (χ2v) is 6.80. The van der Waals surface area contributed by atoms with Crippen LogP contribution in [0.15, 0.2) is 54.6 Å². The minimum atomic E-state index is -0.349. The predicted molar refractivity (Wildman–Crippen MR) is 103 cm³/mol. The zero-order valence-corrected chi connectivity index (χ0v) is 14.7. The van der Waals surface area contributed by atoms with E-state index in [0.717, 1.165) is 23.2 Å². The third-order valence-electron chi connectivity index (χ3n) is 4.58. The summed E-state index contributed by atoms with van der Waals surface area (Å²) in [6.07, 6.45) is 1.86. The van der Waals surface area contributed by atoms with Crippen LogP contribution in [0.4, 0.5) is 10.1 Å². The number of carbonyl (C=O) groups is 1. The number of carbonyl (C=O) groups excluding carboxylic acids is 1. The molecule has 0 saturated carbocycles. The Hall–Kier alpha value is -2.98. The van der Waals surface area contributed by atoms with E-state index in [-0.39, 0.29) is 11.7 Å². The Morgan fingerprint density at radius 3 is 2.54 bits per heavy atom. The number of fused-ring (bicyclic) bond motifs is 2. The third-order valence-corrected chi connectivity index (χ3v) is 4.58. The molecule has 1 amide bonds. The highest BCUT2D eigenvalue weighted by Crippen LogP contribution is 2.38. The number of nitrogens with one attached hydrogen (secondary N) is 1. The topological polar surface area (TPSA) is 32.3 Å². The summed E-state index contributed by atoms with van der Waals surface area (Å²) in [6, 6.07) is 16.6. The average Bonchev–Trinajstić information content (AvgIpc) is 2.94. The van der Waals surface area contributed by atoms with Crippen LogP contribution in [0.5, 0.6) is 0 Å². The fourth-order valence-corrected chi connectivity index (χ4v) is 3.47. The highest BCUT2D eigenvalue weighted by molar-refractivity contribution is 6.35. The lowest BCUT2D eigenvalue weighted by Gasteiger charge is -2.09. The molecule has 3 nitrogen and oxygen atoms in total. The molecule has 0 fully saturated rings. The van der Waals surface area contributed by atoms with Crippen LogP contribution < -0.4 is 5.32 Å². The van der Waals surface area contributed by atoms with Gasteiger partial charge in [-0.25, -0.2) is 4.39 Å². The zero-order valence-electron chi connectivity index (χ0n) is 14.7. The van der Waals surface area contributed by atoms with Crippen molar-refractivity contribution in [3.05, 3.63) is 77.1 Å². The van der Waals surface area contributed by atoms with Crippen molar-refractivity contribution < 1.29 is 9.18 Å². The molecule has 0 spiro atoms. The molecule has 0 atom stereocenters. The highest BCUT2D eigenvalue weighted by atomic mass is 19.1. The first-order valence-electron chi connectivity index (χ1n) is 8.51. The van der Waals surface area contributed by atoms with E-state index in [1.807, 2.05) is 38.4 Å². The maximum Gasteiger partial charge on any atom is 0.256 e. The maximum atomic E-state index is 13.7. The van der Waals surface area contributed by atoms with E-state index >= 15 is 0 Å². The molecular formula is C22H19FN2O. The minimum absolute atomic E-state index is 0.200. The van der Waals surface area contributed by atoms with E-state index in [0.29, 0.717) is 16.8 Å². The quantitative estimate of drug-likeness (QED) is 0.709. The van der Waals surface area contributed by atoms with Gasteiger partial charge in [0, 0.05) is 23.4 Å². The van der Waals surface area contributed by atoms with Gasteiger partial charge in [-0.1, -0.05) is 30.3 Å². The molecule has 4 rings (SSSR count). The minimum Gasteiger partial charge on any atom is -0.321 e. The standard InChI is InChI=1S/C22H19FN2O/c1-25(2)13-15-10-14(17-6-4-3-5-7-18(15)17)11-20-19-12-16(23)8-9-21(19)24-22(20)26/h3-12H,13H2,1-2H3,(H,24,26). The molecule has 0 radical (unpaired) electrons. The third kappa shape index (κ3) is 2.89. The van der Waals surface area contributed by atoms with Crippen LogP contribution in [0.3, 0.4) is 0 Å². The summed E-state index contributed by atoms with van der Waals surface area (Å²) < 4.78 is 13.7. The SMILES string of the molecule is CN(C)Cc1cc(C=C2C(=O)Nc3ccc(F)cc32)c2cccccc1-2. The second kappa shape index (κ2) is 6.39. The first-order valence-corrected chi connectivity index (χ1v) is 8.51. The van der Waals surface area contributed by atoms with Crippen molar-refractivity contribution in [2.45, 2.75) is 6.54 Å². The summed E-state index contributed by atoms with van der Waals surface area (Å²) in [5, 5.41) is 2.81. The Morgan fingerprint density at radius 1 is 1.00 bits per heavy atom. The van der Waals surface area contributed by atoms with Gasteiger partial charge in [0.05, 0.1) is 0 Å². The Bertz CT molecular complexity index is 1010. The van der Waals surface area contributed by atoms with Crippen LogP contribution in [0.25, 0.3) is 22.8 Å². The van der Waals surface area contributed by atoms with Gasteiger partial charge in [-0.15, -0.1) is 0 Å². The number of hydrogen-bond donors (Lipinski definition) is 1. The molecule has 130 valence electrons. The summed E-state index contributed by atoms with van der Waals surface area (Å²) in [4.78, 5) is 14.5. The van der Waals surface area contributed by atoms with Gasteiger partial charge >= 0.3 is 0 Å². The molecule has 3 aliphatic rings. The van der Waals surface area contributed by atoms with Crippen molar-refractivity contribution in [2.24, 2.45) is 0 Å². The fourth-order valence-electron chi connectivity index (χ4n) is 3.47. The molecule has 1 aliphatic heterocycles. The van der Waals surface area contributed by atoms with Crippen molar-refractivity contribution in [3.63, 3.8) is 0 Å². The normalized spacial score (nSPS) is 14.9. The van der Waals surface area contributed by atoms with Crippen molar-refractivity contribution in [3.8, 4) is 11.1 Å². The number of nitrogens with zero attached hydrogens (tertiary/aromatic N) is 1. The van der Waals surface area contributed by atoms with Crippen molar-refractivity contribution in [1.29, 1.82) is 0 Å². The van der Waals surface area contributed by atoms with Gasteiger partial charge in [0.15, 0.2) is 0 Å². The number of halogens is 1. The Labute approximate surface area is 152 Å². The van der Waals surface area contributed by atoms with E-state index in [4.69, 9.17) is 0 Å². The summed E-state index contributed by atoms with van der Waals surface area (Å²) in [7, 11) is 4.06. The molecule has 0 bridgehead atoms. The predicted octanol–water partition coefficient (Wildman–Crippen LogP) is 4.48. The molecule has 0 saturated heterocycles. The zero-order chi connectivity index (χ0) is 18.3. The molecule has 1 heterocycles. The van der Waals surface area contributed by atoms with Crippen molar-refractivity contribution in [2.75, 3.05) is 19.4 Å². The molecular weight excluding hydrogens is 327 g/mol. The van der Waals surface area contributed by atoms with Crippen LogP contribution in [-0.2, 0) is 11.3 Å². The Morgan fingerprint density at radius 2 is 1.77 bits per heavy atom. The number of benzene rings is 1. The lowest BCUT2D eigenvalue weighted by molar-refractivity contribution is -0.110. The number of rotatable bonds is 3. The molecule has 1 aromatic rings. The lowest BCUT2D eigenvalue weighted by atomic mass is 10.0. The van der Waals surface area contributed by atoms with Gasteiger partial charge in [-0.05, 0) is 66.7 Å². The summed E-state index contributed by atoms with van der Waals surface area (Å²) in [5.74, 6) is -0.548. The van der Waals surface area contributed by atoms with E-state index in [1.54, 1.807) is 6.07 Å². The number of hydrogen-bond acceptors (Lipinski definition) is 2. The number of anilines is 1. The molecule has 1 aromatic carbocycles.